The Balaban J connectivity index is 2.52. The summed E-state index contributed by atoms with van der Waals surface area (Å²) in [4.78, 5) is 12.4. The Bertz CT molecular complexity index is 151. The van der Waals surface area contributed by atoms with E-state index in [-0.39, 0.29) is 19.3 Å². The summed E-state index contributed by atoms with van der Waals surface area (Å²) in [7, 11) is 0. The first-order chi connectivity index (χ1) is 5.83. The van der Waals surface area contributed by atoms with Gasteiger partial charge in [-0.15, -0.1) is 0 Å². The molecule has 0 radical (unpaired) electrons. The van der Waals surface area contributed by atoms with Gasteiger partial charge in [-0.05, 0) is 19.4 Å². The first-order valence-electron chi connectivity index (χ1n) is 4.26. The fourth-order valence-electron chi connectivity index (χ4n) is 1.72. The van der Waals surface area contributed by atoms with Gasteiger partial charge in [-0.1, -0.05) is 0 Å². The van der Waals surface area contributed by atoms with Gasteiger partial charge in [0.05, 0.1) is 19.3 Å². The highest BCUT2D eigenvalue weighted by Crippen LogP contribution is 2.18. The van der Waals surface area contributed by atoms with Gasteiger partial charge in [0.15, 0.2) is 0 Å². The highest BCUT2D eigenvalue weighted by Gasteiger charge is 2.29. The molecule has 2 N–H and O–H groups in total. The Kier molecular flexibility index (Phi) is 3.65. The van der Waals surface area contributed by atoms with E-state index in [1.807, 2.05) is 4.90 Å². The van der Waals surface area contributed by atoms with Crippen molar-refractivity contribution in [3.8, 4) is 0 Å². The SMILES string of the molecule is O=C[C@@H](CO)N1CCCC1CO. The first kappa shape index (κ1) is 9.64. The summed E-state index contributed by atoms with van der Waals surface area (Å²) in [5.41, 5.74) is 0. The molecule has 0 aromatic carbocycles. The van der Waals surface area contributed by atoms with Gasteiger partial charge in [-0.25, -0.2) is 0 Å². The maximum absolute atomic E-state index is 10.5. The van der Waals surface area contributed by atoms with Crippen molar-refractivity contribution < 1.29 is 15.0 Å². The molecular weight excluding hydrogens is 158 g/mol. The summed E-state index contributed by atoms with van der Waals surface area (Å²) in [5.74, 6) is 0. The van der Waals surface area contributed by atoms with Crippen molar-refractivity contribution in [3.63, 3.8) is 0 Å². The van der Waals surface area contributed by atoms with Crippen LogP contribution in [0.5, 0.6) is 0 Å². The lowest BCUT2D eigenvalue weighted by atomic mass is 10.2. The molecule has 1 heterocycles. The molecule has 4 nitrogen and oxygen atoms in total. The summed E-state index contributed by atoms with van der Waals surface area (Å²) < 4.78 is 0. The van der Waals surface area contributed by atoms with Crippen LogP contribution in [0.1, 0.15) is 12.8 Å². The molecular formula is C8H15NO3. The van der Waals surface area contributed by atoms with Gasteiger partial charge in [-0.3, -0.25) is 4.90 Å². The van der Waals surface area contributed by atoms with Crippen LogP contribution in [-0.4, -0.2) is 53.2 Å². The molecule has 0 aromatic heterocycles. The van der Waals surface area contributed by atoms with Crippen LogP contribution in [0.2, 0.25) is 0 Å². The molecule has 1 saturated heterocycles. The van der Waals surface area contributed by atoms with E-state index >= 15 is 0 Å². The molecule has 1 unspecified atom stereocenters. The Morgan fingerprint density at radius 3 is 2.83 bits per heavy atom. The van der Waals surface area contributed by atoms with Crippen molar-refractivity contribution in [1.29, 1.82) is 0 Å². The second-order valence-corrected chi connectivity index (χ2v) is 3.10. The standard InChI is InChI=1S/C8H15NO3/c10-4-7-2-1-3-9(7)8(5-11)6-12/h5,7-8,10,12H,1-4,6H2/t7?,8-/m0/s1. The van der Waals surface area contributed by atoms with Crippen molar-refractivity contribution in [1.82, 2.24) is 4.90 Å². The fraction of sp³-hybridized carbons (Fsp3) is 0.875. The summed E-state index contributed by atoms with van der Waals surface area (Å²) in [6.07, 6.45) is 2.66. The zero-order valence-electron chi connectivity index (χ0n) is 7.02. The quantitative estimate of drug-likeness (QED) is 0.535. The predicted molar refractivity (Wildman–Crippen MR) is 43.8 cm³/mol. The minimum absolute atomic E-state index is 0.0624. The molecule has 4 heteroatoms. The number of nitrogens with zero attached hydrogens (tertiary/aromatic N) is 1. The number of aliphatic hydroxyl groups is 2. The van der Waals surface area contributed by atoms with Crippen LogP contribution in [0.25, 0.3) is 0 Å². The zero-order valence-corrected chi connectivity index (χ0v) is 7.02. The fourth-order valence-corrected chi connectivity index (χ4v) is 1.72. The van der Waals surface area contributed by atoms with Crippen molar-refractivity contribution in [2.75, 3.05) is 19.8 Å². The lowest BCUT2D eigenvalue weighted by Crippen LogP contribution is -2.43. The van der Waals surface area contributed by atoms with Crippen molar-refractivity contribution in [2.24, 2.45) is 0 Å². The molecule has 2 atom stereocenters. The second-order valence-electron chi connectivity index (χ2n) is 3.10. The van der Waals surface area contributed by atoms with Gasteiger partial charge in [0.2, 0.25) is 0 Å². The van der Waals surface area contributed by atoms with Crippen molar-refractivity contribution in [2.45, 2.75) is 24.9 Å². The number of carbonyl (C=O) groups is 1. The number of likely N-dealkylation sites (tertiary alicyclic amines) is 1. The monoisotopic (exact) mass is 173 g/mol. The van der Waals surface area contributed by atoms with Crippen molar-refractivity contribution >= 4 is 6.29 Å². The number of carbonyl (C=O) groups excluding carboxylic acids is 1. The van der Waals surface area contributed by atoms with E-state index in [0.717, 1.165) is 25.7 Å². The molecule has 70 valence electrons. The van der Waals surface area contributed by atoms with E-state index in [4.69, 9.17) is 10.2 Å². The van der Waals surface area contributed by atoms with Crippen LogP contribution in [-0.2, 0) is 4.79 Å². The van der Waals surface area contributed by atoms with E-state index in [1.54, 1.807) is 0 Å². The summed E-state index contributed by atoms with van der Waals surface area (Å²) in [6, 6.07) is -0.364. The van der Waals surface area contributed by atoms with Crippen molar-refractivity contribution in [3.05, 3.63) is 0 Å². The van der Waals surface area contributed by atoms with Gasteiger partial charge in [0, 0.05) is 6.04 Å². The lowest BCUT2D eigenvalue weighted by molar-refractivity contribution is -0.114. The number of rotatable bonds is 4. The molecule has 0 aromatic rings. The summed E-state index contributed by atoms with van der Waals surface area (Å²) in [6.45, 7) is 0.722. The molecule has 0 amide bonds. The van der Waals surface area contributed by atoms with Crippen LogP contribution in [0.4, 0.5) is 0 Å². The molecule has 0 spiro atoms. The van der Waals surface area contributed by atoms with Crippen LogP contribution >= 0.6 is 0 Å². The average molecular weight is 173 g/mol. The maximum atomic E-state index is 10.5. The van der Waals surface area contributed by atoms with E-state index in [1.165, 1.54) is 0 Å². The van der Waals surface area contributed by atoms with E-state index in [2.05, 4.69) is 0 Å². The van der Waals surface area contributed by atoms with Gasteiger partial charge < -0.3 is 15.0 Å². The highest BCUT2D eigenvalue weighted by molar-refractivity contribution is 5.57. The topological polar surface area (TPSA) is 60.8 Å². The summed E-state index contributed by atoms with van der Waals surface area (Å²) in [5, 5.41) is 17.8. The molecule has 0 saturated carbocycles. The minimum atomic E-state index is -0.426. The number of aldehydes is 1. The number of aliphatic hydroxyl groups excluding tert-OH is 2. The first-order valence-corrected chi connectivity index (χ1v) is 4.26. The molecule has 0 aliphatic carbocycles. The predicted octanol–water partition coefficient (Wildman–Crippen LogP) is -0.997. The lowest BCUT2D eigenvalue weighted by Gasteiger charge is -2.26. The van der Waals surface area contributed by atoms with E-state index < -0.39 is 6.04 Å². The zero-order chi connectivity index (χ0) is 8.97. The van der Waals surface area contributed by atoms with Crippen LogP contribution in [0, 0.1) is 0 Å². The normalized spacial score (nSPS) is 27.3. The molecule has 1 aliphatic heterocycles. The number of hydrogen-bond donors (Lipinski definition) is 2. The van der Waals surface area contributed by atoms with Gasteiger partial charge in [0.25, 0.3) is 0 Å². The Labute approximate surface area is 71.8 Å². The third-order valence-electron chi connectivity index (χ3n) is 2.40. The molecule has 1 aliphatic rings. The largest absolute Gasteiger partial charge is 0.395 e. The minimum Gasteiger partial charge on any atom is -0.395 e. The maximum Gasteiger partial charge on any atom is 0.139 e. The molecule has 0 bridgehead atoms. The van der Waals surface area contributed by atoms with Gasteiger partial charge in [-0.2, -0.15) is 0 Å². The molecule has 1 fully saturated rings. The van der Waals surface area contributed by atoms with Crippen LogP contribution in [0.15, 0.2) is 0 Å². The Hall–Kier alpha value is -0.450. The average Bonchev–Trinajstić information content (AvgIpc) is 2.55. The van der Waals surface area contributed by atoms with Gasteiger partial charge >= 0.3 is 0 Å². The highest BCUT2D eigenvalue weighted by atomic mass is 16.3. The molecule has 12 heavy (non-hydrogen) atoms. The Morgan fingerprint density at radius 2 is 2.33 bits per heavy atom. The van der Waals surface area contributed by atoms with Gasteiger partial charge in [0.1, 0.15) is 6.29 Å². The van der Waals surface area contributed by atoms with E-state index in [9.17, 15) is 4.79 Å². The smallest absolute Gasteiger partial charge is 0.139 e. The number of hydrogen-bond acceptors (Lipinski definition) is 4. The van der Waals surface area contributed by atoms with Crippen LogP contribution in [0.3, 0.4) is 0 Å². The van der Waals surface area contributed by atoms with Crippen LogP contribution < -0.4 is 0 Å². The third kappa shape index (κ3) is 1.83. The Morgan fingerprint density at radius 1 is 1.58 bits per heavy atom. The van der Waals surface area contributed by atoms with E-state index in [0.29, 0.717) is 0 Å². The summed E-state index contributed by atoms with van der Waals surface area (Å²) >= 11 is 0. The molecule has 1 rings (SSSR count). The third-order valence-corrected chi connectivity index (χ3v) is 2.40. The second kappa shape index (κ2) is 4.54.